The smallest absolute Gasteiger partial charge is 0.264 e. The van der Waals surface area contributed by atoms with Gasteiger partial charge in [0.25, 0.3) is 10.0 Å². The van der Waals surface area contributed by atoms with Crippen molar-refractivity contribution in [3.8, 4) is 11.5 Å². The molecule has 0 saturated heterocycles. The number of amides is 2. The van der Waals surface area contributed by atoms with E-state index in [4.69, 9.17) is 21.1 Å². The van der Waals surface area contributed by atoms with E-state index in [0.29, 0.717) is 16.3 Å². The van der Waals surface area contributed by atoms with Gasteiger partial charge in [0.15, 0.2) is 0 Å². The lowest BCUT2D eigenvalue weighted by Gasteiger charge is -2.34. The number of nitrogens with one attached hydrogen (secondary N) is 1. The molecule has 0 aliphatic heterocycles. The number of halogens is 1. The predicted octanol–water partition coefficient (Wildman–Crippen LogP) is 6.11. The maximum absolute atomic E-state index is 14.7. The molecule has 1 N–H and O–H groups in total. The summed E-state index contributed by atoms with van der Waals surface area (Å²) in [7, 11) is -2.77. The van der Waals surface area contributed by atoms with Crippen LogP contribution in [-0.2, 0) is 32.6 Å². The Labute approximate surface area is 282 Å². The van der Waals surface area contributed by atoms with E-state index >= 15 is 0 Å². The van der Waals surface area contributed by atoms with Crippen molar-refractivity contribution < 1.29 is 27.5 Å². The molecule has 0 radical (unpaired) electrons. The quantitative estimate of drug-likeness (QED) is 0.163. The molecule has 0 spiro atoms. The van der Waals surface area contributed by atoms with Crippen molar-refractivity contribution in [3.63, 3.8) is 0 Å². The summed E-state index contributed by atoms with van der Waals surface area (Å²) in [6.07, 6.45) is 0.203. The molecule has 0 unspecified atom stereocenters. The number of sulfonamides is 1. The minimum absolute atomic E-state index is 0.0149. The first kappa shape index (κ1) is 35.3. The van der Waals surface area contributed by atoms with E-state index in [2.05, 4.69) is 5.32 Å². The largest absolute Gasteiger partial charge is 0.497 e. The van der Waals surface area contributed by atoms with Gasteiger partial charge in [-0.1, -0.05) is 66.2 Å². The number of carbonyl (C=O) groups excluding carboxylic acids is 2. The van der Waals surface area contributed by atoms with Crippen molar-refractivity contribution in [2.24, 2.45) is 0 Å². The molecule has 0 aliphatic carbocycles. The van der Waals surface area contributed by atoms with E-state index in [0.717, 1.165) is 9.87 Å². The van der Waals surface area contributed by atoms with Gasteiger partial charge >= 0.3 is 0 Å². The number of benzene rings is 4. The molecule has 9 nitrogen and oxygen atoms in total. The van der Waals surface area contributed by atoms with Crippen LogP contribution in [0.1, 0.15) is 31.9 Å². The van der Waals surface area contributed by atoms with E-state index < -0.39 is 28.5 Å². The van der Waals surface area contributed by atoms with Crippen LogP contribution in [0.4, 0.5) is 5.69 Å². The van der Waals surface area contributed by atoms with Crippen molar-refractivity contribution in [2.45, 2.75) is 50.7 Å². The first-order valence-corrected chi connectivity index (χ1v) is 17.1. The lowest BCUT2D eigenvalue weighted by atomic mass is 10.0. The molecule has 248 valence electrons. The summed E-state index contributed by atoms with van der Waals surface area (Å²) in [5, 5.41) is 3.32. The number of rotatable bonds is 15. The molecule has 0 aliphatic rings. The van der Waals surface area contributed by atoms with Crippen molar-refractivity contribution in [1.29, 1.82) is 0 Å². The average molecular weight is 678 g/mol. The number of para-hydroxylation sites is 2. The van der Waals surface area contributed by atoms with Crippen LogP contribution >= 0.6 is 11.6 Å². The van der Waals surface area contributed by atoms with Crippen LogP contribution < -0.4 is 19.1 Å². The highest BCUT2D eigenvalue weighted by molar-refractivity contribution is 7.92. The number of methoxy groups -OCH3 is 1. The fourth-order valence-electron chi connectivity index (χ4n) is 5.09. The first-order chi connectivity index (χ1) is 22.5. The van der Waals surface area contributed by atoms with Gasteiger partial charge < -0.3 is 19.7 Å². The third-order valence-electron chi connectivity index (χ3n) is 7.30. The van der Waals surface area contributed by atoms with E-state index in [9.17, 15) is 18.0 Å². The van der Waals surface area contributed by atoms with Crippen molar-refractivity contribution >= 4 is 39.1 Å². The lowest BCUT2D eigenvalue weighted by Crippen LogP contribution is -2.54. The van der Waals surface area contributed by atoms with E-state index in [1.54, 1.807) is 56.5 Å². The highest BCUT2D eigenvalue weighted by Gasteiger charge is 2.35. The van der Waals surface area contributed by atoms with Crippen molar-refractivity contribution in [2.75, 3.05) is 24.6 Å². The van der Waals surface area contributed by atoms with Crippen LogP contribution in [0.25, 0.3) is 0 Å². The minimum atomic E-state index is -4.32. The highest BCUT2D eigenvalue weighted by atomic mass is 35.5. The van der Waals surface area contributed by atoms with Gasteiger partial charge in [0.1, 0.15) is 24.1 Å². The highest BCUT2D eigenvalue weighted by Crippen LogP contribution is 2.33. The Morgan fingerprint density at radius 1 is 0.872 bits per heavy atom. The number of ether oxygens (including phenoxy) is 2. The summed E-state index contributed by atoms with van der Waals surface area (Å²) in [5.74, 6) is -0.0739. The molecule has 0 saturated carbocycles. The zero-order valence-electron chi connectivity index (χ0n) is 26.9. The maximum atomic E-state index is 14.7. The van der Waals surface area contributed by atoms with Gasteiger partial charge in [-0.05, 0) is 80.4 Å². The van der Waals surface area contributed by atoms with Crippen LogP contribution in [0.3, 0.4) is 0 Å². The van der Waals surface area contributed by atoms with E-state index in [1.807, 2.05) is 50.2 Å². The minimum Gasteiger partial charge on any atom is -0.497 e. The summed E-state index contributed by atoms with van der Waals surface area (Å²) in [6, 6.07) is 27.8. The first-order valence-electron chi connectivity index (χ1n) is 15.3. The number of hydrogen-bond acceptors (Lipinski definition) is 6. The van der Waals surface area contributed by atoms with Crippen molar-refractivity contribution in [3.05, 3.63) is 119 Å². The van der Waals surface area contributed by atoms with Gasteiger partial charge in [-0.25, -0.2) is 8.42 Å². The van der Waals surface area contributed by atoms with Crippen LogP contribution in [-0.4, -0.2) is 57.5 Å². The zero-order valence-corrected chi connectivity index (χ0v) is 28.5. The van der Waals surface area contributed by atoms with Crippen LogP contribution in [0.2, 0.25) is 5.02 Å². The second-order valence-electron chi connectivity index (χ2n) is 11.1. The van der Waals surface area contributed by atoms with Gasteiger partial charge in [0.2, 0.25) is 11.8 Å². The predicted molar refractivity (Wildman–Crippen MR) is 184 cm³/mol. The molecule has 4 aromatic rings. The third-order valence-corrected chi connectivity index (χ3v) is 9.33. The Balaban J connectivity index is 1.85. The molecule has 11 heteroatoms. The molecule has 0 bridgehead atoms. The Hall–Kier alpha value is -4.54. The van der Waals surface area contributed by atoms with Crippen LogP contribution in [0.15, 0.2) is 108 Å². The second-order valence-corrected chi connectivity index (χ2v) is 13.4. The molecule has 4 aromatic carbocycles. The molecule has 0 aromatic heterocycles. The molecule has 0 fully saturated rings. The van der Waals surface area contributed by atoms with Crippen LogP contribution in [0, 0.1) is 0 Å². The molecule has 0 heterocycles. The van der Waals surface area contributed by atoms with Crippen LogP contribution in [0.5, 0.6) is 11.5 Å². The molecule has 47 heavy (non-hydrogen) atoms. The van der Waals surface area contributed by atoms with Gasteiger partial charge in [0.05, 0.1) is 24.3 Å². The standard InChI is InChI=1S/C36H40ClN3O6S/c1-5-46-34-17-10-9-16-32(34)40(47(43,44)31-20-18-29(37)19-21-31)25-35(41)39(24-28-14-11-15-30(22-28)45-4)33(36(42)38-26(2)3)23-27-12-7-6-8-13-27/h6-22,26,33H,5,23-25H2,1-4H3,(H,38,42)/t33-/m1/s1. The Kier molecular flexibility index (Phi) is 12.3. The van der Waals surface area contributed by atoms with Crippen molar-refractivity contribution in [1.82, 2.24) is 10.2 Å². The Bertz CT molecular complexity index is 1750. The normalized spacial score (nSPS) is 11.9. The molecular formula is C36H40ClN3O6S. The monoisotopic (exact) mass is 677 g/mol. The summed E-state index contributed by atoms with van der Waals surface area (Å²) < 4.78 is 40.9. The van der Waals surface area contributed by atoms with Gasteiger partial charge in [0, 0.05) is 24.0 Å². The molecule has 4 rings (SSSR count). The maximum Gasteiger partial charge on any atom is 0.264 e. The second kappa shape index (κ2) is 16.3. The third kappa shape index (κ3) is 9.27. The number of nitrogens with zero attached hydrogens (tertiary/aromatic N) is 2. The molecular weight excluding hydrogens is 638 g/mol. The lowest BCUT2D eigenvalue weighted by molar-refractivity contribution is -0.140. The summed E-state index contributed by atoms with van der Waals surface area (Å²) in [4.78, 5) is 29.9. The molecule has 2 amide bonds. The summed E-state index contributed by atoms with van der Waals surface area (Å²) in [6.45, 7) is 5.15. The Morgan fingerprint density at radius 3 is 2.19 bits per heavy atom. The summed E-state index contributed by atoms with van der Waals surface area (Å²) >= 11 is 6.08. The zero-order chi connectivity index (χ0) is 34.0. The Morgan fingerprint density at radius 2 is 1.53 bits per heavy atom. The number of carbonyl (C=O) groups is 2. The van der Waals surface area contributed by atoms with E-state index in [-0.39, 0.29) is 47.9 Å². The fraction of sp³-hybridized carbons (Fsp3) is 0.278. The number of hydrogen-bond donors (Lipinski definition) is 1. The SMILES string of the molecule is CCOc1ccccc1N(CC(=O)N(Cc1cccc(OC)c1)[C@H](Cc1ccccc1)C(=O)NC(C)C)S(=O)(=O)c1ccc(Cl)cc1. The topological polar surface area (TPSA) is 105 Å². The number of anilines is 1. The van der Waals surface area contributed by atoms with E-state index in [1.165, 1.54) is 29.2 Å². The average Bonchev–Trinajstić information content (AvgIpc) is 3.06. The summed E-state index contributed by atoms with van der Waals surface area (Å²) in [5.41, 5.74) is 1.73. The van der Waals surface area contributed by atoms with Gasteiger partial charge in [-0.3, -0.25) is 13.9 Å². The molecule has 1 atom stereocenters. The fourth-order valence-corrected chi connectivity index (χ4v) is 6.64. The van der Waals surface area contributed by atoms with Gasteiger partial charge in [-0.2, -0.15) is 0 Å². The van der Waals surface area contributed by atoms with Gasteiger partial charge in [-0.15, -0.1) is 0 Å².